The highest BCUT2D eigenvalue weighted by atomic mass is 32.1. The summed E-state index contributed by atoms with van der Waals surface area (Å²) in [6.07, 6.45) is 1.15. The van der Waals surface area contributed by atoms with E-state index in [4.69, 9.17) is 0 Å². The third kappa shape index (κ3) is 1.45. The molecule has 62 valence electrons. The Morgan fingerprint density at radius 1 is 1.25 bits per heavy atom. The van der Waals surface area contributed by atoms with Crippen molar-refractivity contribution in [3.63, 3.8) is 0 Å². The van der Waals surface area contributed by atoms with Gasteiger partial charge in [-0.1, -0.05) is 6.92 Å². The molecule has 0 saturated heterocycles. The summed E-state index contributed by atoms with van der Waals surface area (Å²) in [5, 5.41) is 6.56. The summed E-state index contributed by atoms with van der Waals surface area (Å²) in [5.41, 5.74) is 2.73. The van der Waals surface area contributed by atoms with Gasteiger partial charge in [0.15, 0.2) is 0 Å². The van der Waals surface area contributed by atoms with Crippen LogP contribution in [0.25, 0.3) is 11.1 Å². The Kier molecular flexibility index (Phi) is 2.28. The molecule has 12 heavy (non-hydrogen) atoms. The highest BCUT2D eigenvalue weighted by Crippen LogP contribution is 2.27. The minimum absolute atomic E-state index is 1.15. The Morgan fingerprint density at radius 2 is 2.17 bits per heavy atom. The van der Waals surface area contributed by atoms with Gasteiger partial charge in [0.1, 0.15) is 0 Å². The Hall–Kier alpha value is -0.600. The highest BCUT2D eigenvalue weighted by molar-refractivity contribution is 7.10. The molecule has 2 aromatic rings. The van der Waals surface area contributed by atoms with Crippen LogP contribution in [0.1, 0.15) is 11.8 Å². The van der Waals surface area contributed by atoms with Crippen molar-refractivity contribution in [2.24, 2.45) is 0 Å². The molecule has 0 atom stereocenters. The smallest absolute Gasteiger partial charge is 0.00488 e. The molecule has 0 aliphatic rings. The molecule has 2 rings (SSSR count). The molecule has 2 aromatic heterocycles. The molecule has 0 aliphatic heterocycles. The number of aryl methyl sites for hydroxylation is 1. The second-order valence-electron chi connectivity index (χ2n) is 2.67. The first-order valence-corrected chi connectivity index (χ1v) is 5.82. The molecule has 0 aliphatic carbocycles. The van der Waals surface area contributed by atoms with Crippen LogP contribution in [0, 0.1) is 0 Å². The van der Waals surface area contributed by atoms with Gasteiger partial charge in [0, 0.05) is 4.88 Å². The van der Waals surface area contributed by atoms with Gasteiger partial charge in [0.2, 0.25) is 0 Å². The van der Waals surface area contributed by atoms with Crippen LogP contribution in [0.3, 0.4) is 0 Å². The van der Waals surface area contributed by atoms with Crippen LogP contribution in [0.5, 0.6) is 0 Å². The lowest BCUT2D eigenvalue weighted by Gasteiger charge is -1.87. The van der Waals surface area contributed by atoms with E-state index in [9.17, 15) is 0 Å². The van der Waals surface area contributed by atoms with Gasteiger partial charge in [0.25, 0.3) is 0 Å². The average molecular weight is 194 g/mol. The van der Waals surface area contributed by atoms with E-state index in [1.165, 1.54) is 16.0 Å². The summed E-state index contributed by atoms with van der Waals surface area (Å²) < 4.78 is 0. The molecule has 0 fully saturated rings. The zero-order valence-electron chi connectivity index (χ0n) is 6.91. The van der Waals surface area contributed by atoms with Crippen molar-refractivity contribution in [1.82, 2.24) is 0 Å². The first kappa shape index (κ1) is 8.02. The molecule has 2 heterocycles. The van der Waals surface area contributed by atoms with Crippen LogP contribution in [-0.4, -0.2) is 0 Å². The summed E-state index contributed by atoms with van der Waals surface area (Å²) in [6, 6.07) is 4.46. The largest absolute Gasteiger partial charge is 0.152 e. The summed E-state index contributed by atoms with van der Waals surface area (Å²) in [6.45, 7) is 2.20. The first-order valence-electron chi connectivity index (χ1n) is 4.00. The Bertz CT molecular complexity index is 344. The molecular formula is C10H10S2. The molecule has 0 nitrogen and oxygen atoms in total. The maximum Gasteiger partial charge on any atom is 0.00488 e. The van der Waals surface area contributed by atoms with Crippen molar-refractivity contribution in [2.45, 2.75) is 13.3 Å². The quantitative estimate of drug-likeness (QED) is 0.677. The lowest BCUT2D eigenvalue weighted by atomic mass is 10.2. The Labute approximate surface area is 80.5 Å². The van der Waals surface area contributed by atoms with Crippen molar-refractivity contribution in [2.75, 3.05) is 0 Å². The van der Waals surface area contributed by atoms with Crippen molar-refractivity contribution in [3.8, 4) is 11.1 Å². The van der Waals surface area contributed by atoms with E-state index in [2.05, 4.69) is 35.2 Å². The van der Waals surface area contributed by atoms with Gasteiger partial charge in [0.05, 0.1) is 0 Å². The summed E-state index contributed by atoms with van der Waals surface area (Å²) in [4.78, 5) is 1.47. The van der Waals surface area contributed by atoms with Crippen LogP contribution in [0.2, 0.25) is 0 Å². The molecular weight excluding hydrogens is 184 g/mol. The lowest BCUT2D eigenvalue weighted by Crippen LogP contribution is -1.68. The first-order chi connectivity index (χ1) is 5.90. The molecule has 0 radical (unpaired) electrons. The standard InChI is InChI=1S/C10H10S2/c1-2-10-5-9(7-12-10)8-3-4-11-6-8/h3-7H,2H2,1H3. The van der Waals surface area contributed by atoms with Crippen LogP contribution in [-0.2, 0) is 6.42 Å². The van der Waals surface area contributed by atoms with Gasteiger partial charge >= 0.3 is 0 Å². The third-order valence-corrected chi connectivity index (χ3v) is 3.62. The molecule has 0 amide bonds. The zero-order chi connectivity index (χ0) is 8.39. The number of rotatable bonds is 2. The van der Waals surface area contributed by atoms with Gasteiger partial charge < -0.3 is 0 Å². The highest BCUT2D eigenvalue weighted by Gasteiger charge is 2.00. The van der Waals surface area contributed by atoms with E-state index < -0.39 is 0 Å². The molecule has 0 bridgehead atoms. The van der Waals surface area contributed by atoms with E-state index in [0.717, 1.165) is 6.42 Å². The van der Waals surface area contributed by atoms with Crippen LogP contribution in [0.4, 0.5) is 0 Å². The number of hydrogen-bond acceptors (Lipinski definition) is 2. The van der Waals surface area contributed by atoms with Crippen molar-refractivity contribution >= 4 is 22.7 Å². The molecule has 0 saturated carbocycles. The molecule has 0 spiro atoms. The van der Waals surface area contributed by atoms with Crippen molar-refractivity contribution in [1.29, 1.82) is 0 Å². The minimum atomic E-state index is 1.15. The van der Waals surface area contributed by atoms with E-state index in [0.29, 0.717) is 0 Å². The summed E-state index contributed by atoms with van der Waals surface area (Å²) in [5.74, 6) is 0. The van der Waals surface area contributed by atoms with E-state index in [-0.39, 0.29) is 0 Å². The predicted octanol–water partition coefficient (Wildman–Crippen LogP) is 4.04. The van der Waals surface area contributed by atoms with E-state index in [1.807, 2.05) is 11.3 Å². The van der Waals surface area contributed by atoms with E-state index in [1.54, 1.807) is 11.3 Å². The molecule has 0 unspecified atom stereocenters. The number of hydrogen-bond donors (Lipinski definition) is 0. The van der Waals surface area contributed by atoms with Crippen molar-refractivity contribution in [3.05, 3.63) is 33.2 Å². The van der Waals surface area contributed by atoms with Gasteiger partial charge in [-0.25, -0.2) is 0 Å². The second kappa shape index (κ2) is 3.42. The van der Waals surface area contributed by atoms with Gasteiger partial charge in [-0.2, -0.15) is 11.3 Å². The molecule has 0 N–H and O–H groups in total. The molecule has 2 heteroatoms. The SMILES string of the molecule is CCc1cc(-c2ccsc2)cs1. The van der Waals surface area contributed by atoms with Crippen LogP contribution < -0.4 is 0 Å². The molecule has 0 aromatic carbocycles. The predicted molar refractivity (Wildman–Crippen MR) is 57.0 cm³/mol. The summed E-state index contributed by atoms with van der Waals surface area (Å²) in [7, 11) is 0. The lowest BCUT2D eigenvalue weighted by molar-refractivity contribution is 1.19. The third-order valence-electron chi connectivity index (χ3n) is 1.86. The fourth-order valence-corrected chi connectivity index (χ4v) is 2.66. The Balaban J connectivity index is 2.35. The zero-order valence-corrected chi connectivity index (χ0v) is 8.54. The summed E-state index contributed by atoms with van der Waals surface area (Å²) >= 11 is 3.61. The van der Waals surface area contributed by atoms with Gasteiger partial charge in [-0.05, 0) is 45.8 Å². The topological polar surface area (TPSA) is 0 Å². The van der Waals surface area contributed by atoms with Crippen molar-refractivity contribution < 1.29 is 0 Å². The van der Waals surface area contributed by atoms with Gasteiger partial charge in [-0.15, -0.1) is 11.3 Å². The number of thiophene rings is 2. The Morgan fingerprint density at radius 3 is 2.75 bits per heavy atom. The second-order valence-corrected chi connectivity index (χ2v) is 4.44. The van der Waals surface area contributed by atoms with Crippen LogP contribution >= 0.6 is 22.7 Å². The van der Waals surface area contributed by atoms with E-state index >= 15 is 0 Å². The fraction of sp³-hybridized carbons (Fsp3) is 0.200. The average Bonchev–Trinajstić information content (AvgIpc) is 2.75. The van der Waals surface area contributed by atoms with Crippen LogP contribution in [0.15, 0.2) is 28.3 Å². The maximum atomic E-state index is 2.28. The normalized spacial score (nSPS) is 10.4. The maximum absolute atomic E-state index is 2.28. The monoisotopic (exact) mass is 194 g/mol. The van der Waals surface area contributed by atoms with Gasteiger partial charge in [-0.3, -0.25) is 0 Å². The minimum Gasteiger partial charge on any atom is -0.152 e. The fourth-order valence-electron chi connectivity index (χ4n) is 1.15.